The second-order valence-corrected chi connectivity index (χ2v) is 9.97. The van der Waals surface area contributed by atoms with Gasteiger partial charge in [0.25, 0.3) is 0 Å². The topological polar surface area (TPSA) is 34.1 Å². The summed E-state index contributed by atoms with van der Waals surface area (Å²) in [5, 5.41) is 0.956. The molecule has 0 heterocycles. The Hall–Kier alpha value is -2.74. The molecule has 37 heavy (non-hydrogen) atoms. The Labute approximate surface area is 242 Å². The van der Waals surface area contributed by atoms with Gasteiger partial charge in [-0.3, -0.25) is 0 Å². The third kappa shape index (κ3) is 8.66. The lowest BCUT2D eigenvalue weighted by atomic mass is 10.1. The van der Waals surface area contributed by atoms with Crippen LogP contribution in [0, 0.1) is 0 Å². The van der Waals surface area contributed by atoms with Crippen LogP contribution in [0.15, 0.2) is 113 Å². The first-order valence-corrected chi connectivity index (χ1v) is 13.4. The molecule has 0 saturated heterocycles. The average molecular weight is 642 g/mol. The highest BCUT2D eigenvalue weighted by atomic mass is 79.9. The maximum Gasteiger partial charge on any atom is 0.165 e. The Morgan fingerprint density at radius 1 is 0.703 bits per heavy atom. The summed E-state index contributed by atoms with van der Waals surface area (Å²) in [6, 6.07) is 35.0. The van der Waals surface area contributed by atoms with Crippen molar-refractivity contribution in [2.45, 2.75) is 18.8 Å². The molecule has 4 rings (SSSR count). The third-order valence-corrected chi connectivity index (χ3v) is 7.37. The molecule has 0 radical (unpaired) electrons. The number of thioether (sulfide) groups is 1. The van der Waals surface area contributed by atoms with E-state index in [9.17, 15) is 0 Å². The van der Waals surface area contributed by atoms with Crippen molar-refractivity contribution in [2.75, 3.05) is 14.2 Å². The van der Waals surface area contributed by atoms with Crippen molar-refractivity contribution in [3.05, 3.63) is 124 Å². The molecule has 0 aliphatic rings. The van der Waals surface area contributed by atoms with E-state index < -0.39 is 0 Å². The van der Waals surface area contributed by atoms with E-state index in [0.29, 0.717) is 13.1 Å². The molecule has 0 amide bonds. The van der Waals surface area contributed by atoms with Crippen LogP contribution in [0.5, 0.6) is 11.5 Å². The molecule has 4 nitrogen and oxygen atoms in total. The van der Waals surface area contributed by atoms with Crippen LogP contribution in [0.25, 0.3) is 0 Å². The highest BCUT2D eigenvalue weighted by Crippen LogP contribution is 2.29. The molecule has 0 aliphatic carbocycles. The highest BCUT2D eigenvalue weighted by Gasteiger charge is 2.16. The molecule has 7 heteroatoms. The normalized spacial score (nSPS) is 10.9. The van der Waals surface area contributed by atoms with Gasteiger partial charge < -0.3 is 14.4 Å². The van der Waals surface area contributed by atoms with Crippen molar-refractivity contribution in [3.63, 3.8) is 0 Å². The van der Waals surface area contributed by atoms with E-state index in [-0.39, 0.29) is 17.0 Å². The minimum absolute atomic E-state index is 0. The predicted octanol–water partition coefficient (Wildman–Crippen LogP) is 8.67. The van der Waals surface area contributed by atoms with Crippen molar-refractivity contribution < 1.29 is 9.47 Å². The van der Waals surface area contributed by atoms with Crippen LogP contribution in [0.3, 0.4) is 0 Å². The maximum absolute atomic E-state index is 5.36. The van der Waals surface area contributed by atoms with E-state index in [1.807, 2.05) is 54.6 Å². The van der Waals surface area contributed by atoms with Crippen LogP contribution in [-0.4, -0.2) is 24.3 Å². The van der Waals surface area contributed by atoms with Crippen molar-refractivity contribution in [2.24, 2.45) is 4.99 Å². The van der Waals surface area contributed by atoms with Gasteiger partial charge >= 0.3 is 0 Å². The summed E-state index contributed by atoms with van der Waals surface area (Å²) in [5.74, 6) is 2.52. The molecule has 0 spiro atoms. The standard InChI is InChI=1S/C30H29BrN2O2S.BrH/c1-34-26-16-12-23(13-17-26)20-33(21-24-14-18-27(35-2)19-15-24)30(32-29-11-7-6-10-28(29)31)36-22-25-8-4-3-5-9-25;/h3-19H,20-22H2,1-2H3;1H. The summed E-state index contributed by atoms with van der Waals surface area (Å²) in [6.45, 7) is 1.42. The summed E-state index contributed by atoms with van der Waals surface area (Å²) < 4.78 is 11.7. The molecule has 0 unspecified atom stereocenters. The Morgan fingerprint density at radius 3 is 1.73 bits per heavy atom. The second-order valence-electron chi connectivity index (χ2n) is 8.17. The summed E-state index contributed by atoms with van der Waals surface area (Å²) in [4.78, 5) is 7.47. The molecule has 4 aromatic rings. The SMILES string of the molecule is Br.COc1ccc(CN(Cc2ccc(OC)cc2)C(=Nc2ccccc2Br)SCc2ccccc2)cc1. The third-order valence-electron chi connectivity index (χ3n) is 5.61. The summed E-state index contributed by atoms with van der Waals surface area (Å²) in [6.07, 6.45) is 0. The van der Waals surface area contributed by atoms with Crippen molar-refractivity contribution in [3.8, 4) is 11.5 Å². The second kappa shape index (κ2) is 14.9. The first-order chi connectivity index (χ1) is 17.6. The number of para-hydroxylation sites is 1. The van der Waals surface area contributed by atoms with E-state index in [0.717, 1.165) is 32.6 Å². The van der Waals surface area contributed by atoms with Gasteiger partial charge in [0.2, 0.25) is 0 Å². The van der Waals surface area contributed by atoms with E-state index in [1.54, 1.807) is 26.0 Å². The zero-order chi connectivity index (χ0) is 25.2. The zero-order valence-corrected chi connectivity index (χ0v) is 25.0. The Morgan fingerprint density at radius 2 is 1.22 bits per heavy atom. The lowest BCUT2D eigenvalue weighted by molar-refractivity contribution is 0.405. The van der Waals surface area contributed by atoms with Crippen molar-refractivity contribution >= 4 is 55.5 Å². The molecule has 0 atom stereocenters. The summed E-state index contributed by atoms with van der Waals surface area (Å²) in [5.41, 5.74) is 4.53. The quantitative estimate of drug-likeness (QED) is 0.135. The molecule has 4 aromatic carbocycles. The van der Waals surface area contributed by atoms with Gasteiger partial charge in [-0.1, -0.05) is 78.5 Å². The van der Waals surface area contributed by atoms with Gasteiger partial charge in [-0.15, -0.1) is 17.0 Å². The minimum atomic E-state index is 0. The van der Waals surface area contributed by atoms with Gasteiger partial charge in [0, 0.05) is 23.3 Å². The fourth-order valence-electron chi connectivity index (χ4n) is 3.66. The minimum Gasteiger partial charge on any atom is -0.497 e. The van der Waals surface area contributed by atoms with Gasteiger partial charge in [-0.25, -0.2) is 4.99 Å². The monoisotopic (exact) mass is 640 g/mol. The number of rotatable bonds is 9. The molecule has 0 aliphatic heterocycles. The van der Waals surface area contributed by atoms with Crippen LogP contribution in [-0.2, 0) is 18.8 Å². The molecule has 0 bridgehead atoms. The lowest BCUT2D eigenvalue weighted by Crippen LogP contribution is -2.28. The van der Waals surface area contributed by atoms with Crippen LogP contribution < -0.4 is 9.47 Å². The van der Waals surface area contributed by atoms with Crippen LogP contribution in [0.2, 0.25) is 0 Å². The van der Waals surface area contributed by atoms with Crippen LogP contribution in [0.1, 0.15) is 16.7 Å². The van der Waals surface area contributed by atoms with Gasteiger partial charge in [0.05, 0.1) is 19.9 Å². The number of ether oxygens (including phenoxy) is 2. The van der Waals surface area contributed by atoms with Gasteiger partial charge in [-0.05, 0) is 69.0 Å². The fraction of sp³-hybridized carbons (Fsp3) is 0.167. The first-order valence-electron chi connectivity index (χ1n) is 11.7. The van der Waals surface area contributed by atoms with Crippen LogP contribution >= 0.6 is 44.7 Å². The fourth-order valence-corrected chi connectivity index (χ4v) is 4.99. The summed E-state index contributed by atoms with van der Waals surface area (Å²) in [7, 11) is 3.38. The summed E-state index contributed by atoms with van der Waals surface area (Å²) >= 11 is 5.42. The molecular weight excluding hydrogens is 612 g/mol. The van der Waals surface area contributed by atoms with Gasteiger partial charge in [-0.2, -0.15) is 0 Å². The first kappa shape index (κ1) is 28.8. The average Bonchev–Trinajstić information content (AvgIpc) is 2.93. The van der Waals surface area contributed by atoms with E-state index in [1.165, 1.54) is 16.7 Å². The molecule has 0 saturated carbocycles. The Bertz CT molecular complexity index is 1220. The number of benzene rings is 4. The Balaban J connectivity index is 0.00000380. The van der Waals surface area contributed by atoms with E-state index >= 15 is 0 Å². The predicted molar refractivity (Wildman–Crippen MR) is 165 cm³/mol. The molecular formula is C30H30Br2N2O2S. The largest absolute Gasteiger partial charge is 0.497 e. The van der Waals surface area contributed by atoms with Crippen molar-refractivity contribution in [1.82, 2.24) is 4.90 Å². The number of hydrogen-bond acceptors (Lipinski definition) is 4. The van der Waals surface area contributed by atoms with E-state index in [4.69, 9.17) is 14.5 Å². The zero-order valence-electron chi connectivity index (χ0n) is 20.8. The number of methoxy groups -OCH3 is 2. The van der Waals surface area contributed by atoms with Gasteiger partial charge in [0.15, 0.2) is 5.17 Å². The van der Waals surface area contributed by atoms with Crippen LogP contribution in [0.4, 0.5) is 5.69 Å². The number of nitrogens with zero attached hydrogens (tertiary/aromatic N) is 2. The Kier molecular flexibility index (Phi) is 11.6. The molecule has 0 N–H and O–H groups in total. The number of amidine groups is 1. The maximum atomic E-state index is 5.36. The number of aliphatic imine (C=N–C) groups is 1. The number of hydrogen-bond donors (Lipinski definition) is 0. The highest BCUT2D eigenvalue weighted by molar-refractivity contribution is 9.10. The number of halogens is 2. The molecule has 192 valence electrons. The van der Waals surface area contributed by atoms with E-state index in [2.05, 4.69) is 69.4 Å². The van der Waals surface area contributed by atoms with Gasteiger partial charge in [0.1, 0.15) is 11.5 Å². The molecule has 0 aromatic heterocycles. The molecule has 0 fully saturated rings. The smallest absolute Gasteiger partial charge is 0.165 e. The lowest BCUT2D eigenvalue weighted by Gasteiger charge is -2.26. The van der Waals surface area contributed by atoms with Crippen molar-refractivity contribution in [1.29, 1.82) is 0 Å².